The number of Topliss-reactive ketones (excluding diaryl/α,β-unsaturated/α-hetero) is 1. The molecule has 6 heteroatoms. The minimum atomic E-state index is -0.176. The predicted molar refractivity (Wildman–Crippen MR) is 112 cm³/mol. The highest BCUT2D eigenvalue weighted by Gasteiger charge is 2.25. The topological polar surface area (TPSA) is 72.8 Å². The number of aliphatic imine (C=N–C) groups is 1. The summed E-state index contributed by atoms with van der Waals surface area (Å²) in [5, 5.41) is 3.17. The van der Waals surface area contributed by atoms with Crippen molar-refractivity contribution in [3.8, 4) is 11.5 Å². The van der Waals surface area contributed by atoms with Crippen LogP contribution in [0.3, 0.4) is 0 Å². The molecule has 6 nitrogen and oxygen atoms in total. The van der Waals surface area contributed by atoms with Gasteiger partial charge in [0.25, 0.3) is 0 Å². The largest absolute Gasteiger partial charge is 0.497 e. The monoisotopic (exact) mass is 385 g/mol. The average Bonchev–Trinajstić information content (AvgIpc) is 2.78. The zero-order valence-corrected chi connectivity index (χ0v) is 16.0. The number of ketones is 1. The van der Waals surface area contributed by atoms with Crippen LogP contribution in [0.25, 0.3) is 0 Å². The van der Waals surface area contributed by atoms with E-state index in [1.165, 1.54) is 0 Å². The Morgan fingerprint density at radius 2 is 1.55 bits per heavy atom. The van der Waals surface area contributed by atoms with Crippen molar-refractivity contribution >= 4 is 22.9 Å². The summed E-state index contributed by atoms with van der Waals surface area (Å²) in [5.74, 6) is 1.32. The lowest BCUT2D eigenvalue weighted by atomic mass is 9.96. The van der Waals surface area contributed by atoms with E-state index in [9.17, 15) is 4.79 Å². The Morgan fingerprint density at radius 1 is 0.897 bits per heavy atom. The van der Waals surface area contributed by atoms with E-state index in [0.29, 0.717) is 22.7 Å². The molecule has 0 aliphatic heterocycles. The molecule has 29 heavy (non-hydrogen) atoms. The second-order valence-corrected chi connectivity index (χ2v) is 6.34. The van der Waals surface area contributed by atoms with Crippen molar-refractivity contribution in [3.05, 3.63) is 89.9 Å². The molecule has 3 aromatic rings. The van der Waals surface area contributed by atoms with Gasteiger partial charge in [0.15, 0.2) is 0 Å². The Kier molecular flexibility index (Phi) is 5.07. The summed E-state index contributed by atoms with van der Waals surface area (Å²) in [6.07, 6.45) is 3.36. The van der Waals surface area contributed by atoms with Crippen LogP contribution in [-0.2, 0) is 0 Å². The summed E-state index contributed by atoms with van der Waals surface area (Å²) in [6, 6.07) is 18.4. The van der Waals surface area contributed by atoms with Gasteiger partial charge in [-0.1, -0.05) is 0 Å². The van der Waals surface area contributed by atoms with Crippen molar-refractivity contribution in [2.75, 3.05) is 19.5 Å². The summed E-state index contributed by atoms with van der Waals surface area (Å²) >= 11 is 0. The van der Waals surface area contributed by atoms with E-state index in [0.717, 1.165) is 22.9 Å². The fraction of sp³-hybridized carbons (Fsp3) is 0.0870. The first-order chi connectivity index (χ1) is 14.2. The Bertz CT molecular complexity index is 1100. The van der Waals surface area contributed by atoms with E-state index in [1.807, 2.05) is 54.6 Å². The smallest absolute Gasteiger partial charge is 0.228 e. The number of hydrogen-bond acceptors (Lipinski definition) is 6. The molecule has 2 aromatic carbocycles. The molecule has 1 N–H and O–H groups in total. The molecule has 144 valence electrons. The second kappa shape index (κ2) is 7.98. The second-order valence-electron chi connectivity index (χ2n) is 6.34. The van der Waals surface area contributed by atoms with E-state index in [4.69, 9.17) is 14.5 Å². The standard InChI is InChI=1S/C23H19N3O3/c1-28-17-9-5-15(6-10-17)25-20-14-21(23(27)22-19(20)4-3-13-24-22)26-16-7-11-18(29-2)12-8-16/h3-14,26H,1-2H3. The molecule has 1 aromatic heterocycles. The number of rotatable bonds is 5. The number of nitrogens with zero attached hydrogens (tertiary/aromatic N) is 2. The van der Waals surface area contributed by atoms with Gasteiger partial charge in [-0.3, -0.25) is 9.78 Å². The maximum atomic E-state index is 12.9. The lowest BCUT2D eigenvalue weighted by molar-refractivity contribution is 0.103. The fourth-order valence-corrected chi connectivity index (χ4v) is 3.01. The van der Waals surface area contributed by atoms with Crippen molar-refractivity contribution in [1.82, 2.24) is 4.98 Å². The van der Waals surface area contributed by atoms with Gasteiger partial charge in [0.2, 0.25) is 5.78 Å². The fourth-order valence-electron chi connectivity index (χ4n) is 3.01. The number of anilines is 1. The Morgan fingerprint density at radius 3 is 2.21 bits per heavy atom. The molecule has 1 aliphatic rings. The minimum absolute atomic E-state index is 0.176. The molecule has 0 amide bonds. The maximum Gasteiger partial charge on any atom is 0.228 e. The van der Waals surface area contributed by atoms with E-state index in [-0.39, 0.29) is 5.78 Å². The Hall–Kier alpha value is -3.93. The number of benzene rings is 2. The van der Waals surface area contributed by atoms with Crippen LogP contribution in [0.15, 0.2) is 83.6 Å². The van der Waals surface area contributed by atoms with Gasteiger partial charge in [-0.2, -0.15) is 0 Å². The van der Waals surface area contributed by atoms with Crippen LogP contribution in [0, 0.1) is 0 Å². The number of carbonyl (C=O) groups is 1. The molecule has 0 saturated carbocycles. The maximum absolute atomic E-state index is 12.9. The number of carbonyl (C=O) groups excluding carboxylic acids is 1. The Balaban J connectivity index is 1.72. The van der Waals surface area contributed by atoms with Crippen molar-refractivity contribution in [1.29, 1.82) is 0 Å². The molecule has 0 radical (unpaired) electrons. The van der Waals surface area contributed by atoms with Crippen LogP contribution in [0.5, 0.6) is 11.5 Å². The lowest BCUT2D eigenvalue weighted by Gasteiger charge is -2.18. The van der Waals surface area contributed by atoms with E-state index in [1.54, 1.807) is 32.6 Å². The number of nitrogens with one attached hydrogen (secondary N) is 1. The van der Waals surface area contributed by atoms with Gasteiger partial charge in [-0.15, -0.1) is 0 Å². The third-order valence-corrected chi connectivity index (χ3v) is 4.52. The number of ether oxygens (including phenoxy) is 2. The number of methoxy groups -OCH3 is 2. The quantitative estimate of drug-likeness (QED) is 0.704. The van der Waals surface area contributed by atoms with E-state index < -0.39 is 0 Å². The Labute approximate surface area is 168 Å². The summed E-state index contributed by atoms with van der Waals surface area (Å²) in [5.41, 5.74) is 3.67. The van der Waals surface area contributed by atoms with Gasteiger partial charge in [0.1, 0.15) is 17.2 Å². The van der Waals surface area contributed by atoms with Crippen LogP contribution in [0.1, 0.15) is 16.1 Å². The first-order valence-electron chi connectivity index (χ1n) is 9.03. The number of pyridine rings is 1. The number of allylic oxidation sites excluding steroid dienone is 2. The van der Waals surface area contributed by atoms with Crippen molar-refractivity contribution < 1.29 is 14.3 Å². The molecule has 0 atom stereocenters. The first-order valence-corrected chi connectivity index (χ1v) is 9.03. The van der Waals surface area contributed by atoms with Crippen LogP contribution in [-0.4, -0.2) is 30.7 Å². The summed E-state index contributed by atoms with van der Waals surface area (Å²) < 4.78 is 10.4. The summed E-state index contributed by atoms with van der Waals surface area (Å²) in [7, 11) is 3.23. The number of hydrogen-bond donors (Lipinski definition) is 1. The van der Waals surface area contributed by atoms with Crippen molar-refractivity contribution in [3.63, 3.8) is 0 Å². The third kappa shape index (κ3) is 3.87. The molecule has 0 saturated heterocycles. The predicted octanol–water partition coefficient (Wildman–Crippen LogP) is 4.41. The first kappa shape index (κ1) is 18.4. The highest BCUT2D eigenvalue weighted by molar-refractivity contribution is 6.26. The number of fused-ring (bicyclic) bond motifs is 1. The van der Waals surface area contributed by atoms with Gasteiger partial charge >= 0.3 is 0 Å². The van der Waals surface area contributed by atoms with Crippen LogP contribution in [0.2, 0.25) is 0 Å². The number of aromatic nitrogens is 1. The molecule has 4 rings (SSSR count). The van der Waals surface area contributed by atoms with Gasteiger partial charge in [-0.25, -0.2) is 4.99 Å². The average molecular weight is 385 g/mol. The SMILES string of the molecule is COc1ccc(N=C2C=C(Nc3ccc(OC)cc3)C(=O)c3ncccc32)cc1. The highest BCUT2D eigenvalue weighted by atomic mass is 16.5. The molecular weight excluding hydrogens is 366 g/mol. The molecule has 1 heterocycles. The molecule has 0 spiro atoms. The van der Waals surface area contributed by atoms with Gasteiger partial charge < -0.3 is 14.8 Å². The van der Waals surface area contributed by atoms with Gasteiger partial charge in [0.05, 0.1) is 31.3 Å². The normalized spacial score (nSPS) is 14.2. The molecule has 0 fully saturated rings. The van der Waals surface area contributed by atoms with Crippen LogP contribution in [0.4, 0.5) is 11.4 Å². The van der Waals surface area contributed by atoms with E-state index in [2.05, 4.69) is 10.3 Å². The van der Waals surface area contributed by atoms with Crippen molar-refractivity contribution in [2.45, 2.75) is 0 Å². The third-order valence-electron chi connectivity index (χ3n) is 4.52. The van der Waals surface area contributed by atoms with Crippen LogP contribution < -0.4 is 14.8 Å². The zero-order valence-electron chi connectivity index (χ0n) is 16.0. The molecule has 0 bridgehead atoms. The molecule has 1 aliphatic carbocycles. The lowest BCUT2D eigenvalue weighted by Crippen LogP contribution is -2.23. The van der Waals surface area contributed by atoms with Crippen LogP contribution >= 0.6 is 0 Å². The van der Waals surface area contributed by atoms with E-state index >= 15 is 0 Å². The zero-order chi connectivity index (χ0) is 20.2. The molecular formula is C23H19N3O3. The minimum Gasteiger partial charge on any atom is -0.497 e. The van der Waals surface area contributed by atoms with Gasteiger partial charge in [-0.05, 0) is 66.7 Å². The summed E-state index contributed by atoms with van der Waals surface area (Å²) in [6.45, 7) is 0. The summed E-state index contributed by atoms with van der Waals surface area (Å²) in [4.78, 5) is 21.9. The van der Waals surface area contributed by atoms with Crippen molar-refractivity contribution in [2.24, 2.45) is 4.99 Å². The highest BCUT2D eigenvalue weighted by Crippen LogP contribution is 2.26. The molecule has 0 unspecified atom stereocenters. The van der Waals surface area contributed by atoms with Gasteiger partial charge in [0, 0.05) is 17.4 Å².